The summed E-state index contributed by atoms with van der Waals surface area (Å²) >= 11 is 0. The number of anilines is 1. The fourth-order valence-electron chi connectivity index (χ4n) is 3.04. The molecule has 0 amide bonds. The average Bonchev–Trinajstić information content (AvgIpc) is 2.36. The third-order valence-electron chi connectivity index (χ3n) is 4.25. The summed E-state index contributed by atoms with van der Waals surface area (Å²) in [4.78, 5) is 4.88. The second kappa shape index (κ2) is 5.93. The summed E-state index contributed by atoms with van der Waals surface area (Å²) < 4.78 is 0. The van der Waals surface area contributed by atoms with Crippen molar-refractivity contribution >= 4 is 5.69 Å². The van der Waals surface area contributed by atoms with Crippen LogP contribution in [0.4, 0.5) is 5.69 Å². The van der Waals surface area contributed by atoms with E-state index in [2.05, 4.69) is 55.8 Å². The van der Waals surface area contributed by atoms with E-state index in [4.69, 9.17) is 0 Å². The molecule has 2 rings (SSSR count). The summed E-state index contributed by atoms with van der Waals surface area (Å²) in [5.74, 6) is 0. The van der Waals surface area contributed by atoms with E-state index in [0.717, 1.165) is 19.5 Å². The molecule has 2 unspecified atom stereocenters. The summed E-state index contributed by atoms with van der Waals surface area (Å²) in [7, 11) is 2.16. The Morgan fingerprint density at radius 1 is 1.26 bits per heavy atom. The first kappa shape index (κ1) is 14.4. The number of nitrogens with zero attached hydrogens (tertiary/aromatic N) is 2. The molecule has 1 N–H and O–H groups in total. The monoisotopic (exact) mass is 262 g/mol. The Labute approximate surface area is 116 Å². The SMILES string of the molecule is Cc1ccc(C)c(N2CC(CCO)N(C)CC2C)c1. The number of benzene rings is 1. The van der Waals surface area contributed by atoms with Crippen LogP contribution in [-0.2, 0) is 0 Å². The van der Waals surface area contributed by atoms with Crippen molar-refractivity contribution in [2.75, 3.05) is 31.6 Å². The van der Waals surface area contributed by atoms with Gasteiger partial charge in [0.05, 0.1) is 0 Å². The second-order valence-electron chi connectivity index (χ2n) is 5.90. The van der Waals surface area contributed by atoms with Gasteiger partial charge in [0.1, 0.15) is 0 Å². The molecule has 3 heteroatoms. The van der Waals surface area contributed by atoms with E-state index in [1.807, 2.05) is 0 Å². The number of rotatable bonds is 3. The predicted molar refractivity (Wildman–Crippen MR) is 80.8 cm³/mol. The zero-order valence-corrected chi connectivity index (χ0v) is 12.6. The molecule has 3 nitrogen and oxygen atoms in total. The van der Waals surface area contributed by atoms with Crippen LogP contribution in [0.15, 0.2) is 18.2 Å². The van der Waals surface area contributed by atoms with E-state index < -0.39 is 0 Å². The largest absolute Gasteiger partial charge is 0.396 e. The van der Waals surface area contributed by atoms with Gasteiger partial charge in [-0.25, -0.2) is 0 Å². The van der Waals surface area contributed by atoms with Crippen molar-refractivity contribution in [3.05, 3.63) is 29.3 Å². The lowest BCUT2D eigenvalue weighted by Gasteiger charge is -2.45. The number of aliphatic hydroxyl groups is 1. The highest BCUT2D eigenvalue weighted by atomic mass is 16.3. The van der Waals surface area contributed by atoms with Gasteiger partial charge in [-0.05, 0) is 51.4 Å². The minimum absolute atomic E-state index is 0.268. The molecule has 0 spiro atoms. The van der Waals surface area contributed by atoms with Gasteiger partial charge in [-0.15, -0.1) is 0 Å². The van der Waals surface area contributed by atoms with Crippen molar-refractivity contribution in [2.45, 2.75) is 39.3 Å². The maximum atomic E-state index is 9.21. The number of piperazine rings is 1. The van der Waals surface area contributed by atoms with Crippen molar-refractivity contribution in [1.29, 1.82) is 0 Å². The molecule has 1 aliphatic heterocycles. The zero-order valence-electron chi connectivity index (χ0n) is 12.6. The first-order chi connectivity index (χ1) is 9.02. The molecule has 0 bridgehead atoms. The van der Waals surface area contributed by atoms with Crippen LogP contribution in [0.3, 0.4) is 0 Å². The quantitative estimate of drug-likeness (QED) is 0.904. The van der Waals surface area contributed by atoms with Crippen LogP contribution < -0.4 is 4.90 Å². The van der Waals surface area contributed by atoms with Gasteiger partial charge in [-0.3, -0.25) is 4.90 Å². The third-order valence-corrected chi connectivity index (χ3v) is 4.25. The molecule has 1 aromatic carbocycles. The number of likely N-dealkylation sites (N-methyl/N-ethyl adjacent to an activating group) is 1. The summed E-state index contributed by atoms with van der Waals surface area (Å²) in [5.41, 5.74) is 4.00. The topological polar surface area (TPSA) is 26.7 Å². The first-order valence-electron chi connectivity index (χ1n) is 7.18. The van der Waals surface area contributed by atoms with Gasteiger partial charge >= 0.3 is 0 Å². The first-order valence-corrected chi connectivity index (χ1v) is 7.18. The molecule has 2 atom stereocenters. The lowest BCUT2D eigenvalue weighted by atomic mass is 10.0. The standard InChI is InChI=1S/C16H26N2O/c1-12-5-6-13(2)16(9-12)18-11-15(7-8-19)17(4)10-14(18)3/h5-6,9,14-15,19H,7-8,10-11H2,1-4H3. The van der Waals surface area contributed by atoms with Gasteiger partial charge in [-0.1, -0.05) is 12.1 Å². The Kier molecular flexibility index (Phi) is 4.48. The van der Waals surface area contributed by atoms with Crippen LogP contribution in [0, 0.1) is 13.8 Å². The molecule has 0 aromatic heterocycles. The van der Waals surface area contributed by atoms with Gasteiger partial charge in [0.2, 0.25) is 0 Å². The highest BCUT2D eigenvalue weighted by Gasteiger charge is 2.29. The van der Waals surface area contributed by atoms with E-state index in [1.165, 1.54) is 16.8 Å². The van der Waals surface area contributed by atoms with Gasteiger partial charge in [0.15, 0.2) is 0 Å². The average molecular weight is 262 g/mol. The third kappa shape index (κ3) is 3.10. The molecular formula is C16H26N2O. The summed E-state index contributed by atoms with van der Waals surface area (Å²) in [6.45, 7) is 8.94. The van der Waals surface area contributed by atoms with Crippen LogP contribution in [0.25, 0.3) is 0 Å². The smallest absolute Gasteiger partial charge is 0.0446 e. The van der Waals surface area contributed by atoms with Crippen molar-refractivity contribution in [1.82, 2.24) is 4.90 Å². The van der Waals surface area contributed by atoms with E-state index in [9.17, 15) is 5.11 Å². The van der Waals surface area contributed by atoms with Crippen molar-refractivity contribution in [3.63, 3.8) is 0 Å². The highest BCUT2D eigenvalue weighted by Crippen LogP contribution is 2.27. The molecule has 1 aromatic rings. The lowest BCUT2D eigenvalue weighted by Crippen LogP contribution is -2.56. The Morgan fingerprint density at radius 2 is 2.00 bits per heavy atom. The molecule has 0 saturated carbocycles. The summed E-state index contributed by atoms with van der Waals surface area (Å²) in [5, 5.41) is 9.21. The van der Waals surface area contributed by atoms with Gasteiger partial charge in [-0.2, -0.15) is 0 Å². The van der Waals surface area contributed by atoms with Crippen molar-refractivity contribution in [3.8, 4) is 0 Å². The van der Waals surface area contributed by atoms with E-state index in [0.29, 0.717) is 12.1 Å². The number of aryl methyl sites for hydroxylation is 2. The summed E-state index contributed by atoms with van der Waals surface area (Å²) in [6, 6.07) is 7.62. The van der Waals surface area contributed by atoms with Crippen molar-refractivity contribution in [2.24, 2.45) is 0 Å². The molecule has 0 radical (unpaired) electrons. The van der Waals surface area contributed by atoms with Crippen LogP contribution >= 0.6 is 0 Å². The fourth-order valence-corrected chi connectivity index (χ4v) is 3.04. The second-order valence-corrected chi connectivity index (χ2v) is 5.90. The van der Waals surface area contributed by atoms with Gasteiger partial charge in [0, 0.05) is 37.5 Å². The summed E-state index contributed by atoms with van der Waals surface area (Å²) in [6.07, 6.45) is 0.852. The lowest BCUT2D eigenvalue weighted by molar-refractivity contribution is 0.154. The molecule has 19 heavy (non-hydrogen) atoms. The molecule has 1 heterocycles. The molecule has 106 valence electrons. The Morgan fingerprint density at radius 3 is 2.68 bits per heavy atom. The maximum absolute atomic E-state index is 9.21. The Balaban J connectivity index is 2.24. The Hall–Kier alpha value is -1.06. The normalized spacial score (nSPS) is 24.8. The van der Waals surface area contributed by atoms with Crippen LogP contribution in [0.5, 0.6) is 0 Å². The van der Waals surface area contributed by atoms with Gasteiger partial charge < -0.3 is 10.0 Å². The van der Waals surface area contributed by atoms with Gasteiger partial charge in [0.25, 0.3) is 0 Å². The van der Waals surface area contributed by atoms with Crippen LogP contribution in [0.2, 0.25) is 0 Å². The minimum atomic E-state index is 0.268. The molecule has 0 aliphatic carbocycles. The molecule has 1 aliphatic rings. The minimum Gasteiger partial charge on any atom is -0.396 e. The van der Waals surface area contributed by atoms with E-state index in [1.54, 1.807) is 0 Å². The van der Waals surface area contributed by atoms with Crippen LogP contribution in [0.1, 0.15) is 24.5 Å². The number of aliphatic hydroxyl groups excluding tert-OH is 1. The fraction of sp³-hybridized carbons (Fsp3) is 0.625. The Bertz CT molecular complexity index is 433. The highest BCUT2D eigenvalue weighted by molar-refractivity contribution is 5.56. The van der Waals surface area contributed by atoms with Crippen molar-refractivity contribution < 1.29 is 5.11 Å². The molecular weight excluding hydrogens is 236 g/mol. The number of hydrogen-bond donors (Lipinski definition) is 1. The predicted octanol–water partition coefficient (Wildman–Crippen LogP) is 2.19. The van der Waals surface area contributed by atoms with E-state index >= 15 is 0 Å². The zero-order chi connectivity index (χ0) is 14.0. The molecule has 1 fully saturated rings. The number of hydrogen-bond acceptors (Lipinski definition) is 3. The van der Waals surface area contributed by atoms with Crippen LogP contribution in [-0.4, -0.2) is 48.8 Å². The van der Waals surface area contributed by atoms with E-state index in [-0.39, 0.29) is 6.61 Å². The molecule has 1 saturated heterocycles. The maximum Gasteiger partial charge on any atom is 0.0446 e.